The summed E-state index contributed by atoms with van der Waals surface area (Å²) in [6.07, 6.45) is 7.31. The highest BCUT2D eigenvalue weighted by Gasteiger charge is 2.29. The Kier molecular flexibility index (Phi) is 4.74. The fourth-order valence-electron chi connectivity index (χ4n) is 3.60. The molecule has 1 N–H and O–H groups in total. The van der Waals surface area contributed by atoms with Gasteiger partial charge in [-0.15, -0.1) is 0 Å². The molecule has 1 aromatic carbocycles. The minimum atomic E-state index is 0.627. The summed E-state index contributed by atoms with van der Waals surface area (Å²) >= 11 is 0. The molecule has 0 unspecified atom stereocenters. The van der Waals surface area contributed by atoms with Crippen LogP contribution in [0.4, 0.5) is 5.95 Å². The van der Waals surface area contributed by atoms with E-state index in [9.17, 15) is 0 Å². The molecule has 144 valence electrons. The monoisotopic (exact) mass is 375 g/mol. The van der Waals surface area contributed by atoms with Gasteiger partial charge in [0.1, 0.15) is 5.82 Å². The quantitative estimate of drug-likeness (QED) is 0.714. The Morgan fingerprint density at radius 2 is 1.79 bits per heavy atom. The van der Waals surface area contributed by atoms with Crippen LogP contribution in [-0.4, -0.2) is 42.7 Å². The third-order valence-electron chi connectivity index (χ3n) is 5.39. The summed E-state index contributed by atoms with van der Waals surface area (Å²) < 4.78 is 2.11. The molecule has 7 heteroatoms. The van der Waals surface area contributed by atoms with E-state index in [-0.39, 0.29) is 0 Å². The van der Waals surface area contributed by atoms with E-state index in [0.717, 1.165) is 56.4 Å². The Labute approximate surface area is 164 Å². The molecule has 0 saturated heterocycles. The van der Waals surface area contributed by atoms with Crippen molar-refractivity contribution in [1.29, 1.82) is 0 Å². The molecular weight excluding hydrogens is 350 g/mol. The zero-order valence-electron chi connectivity index (χ0n) is 16.0. The number of anilines is 1. The fraction of sp³-hybridized carbons (Fsp3) is 0.429. The van der Waals surface area contributed by atoms with E-state index in [1.807, 2.05) is 30.6 Å². The highest BCUT2D eigenvalue weighted by atomic mass is 15.4. The number of nitrogens with zero attached hydrogens (tertiary/aromatic N) is 6. The van der Waals surface area contributed by atoms with E-state index in [0.29, 0.717) is 11.9 Å². The van der Waals surface area contributed by atoms with Crippen LogP contribution in [0.25, 0.3) is 0 Å². The maximum absolute atomic E-state index is 4.76. The molecule has 5 rings (SSSR count). The molecule has 1 aliphatic heterocycles. The van der Waals surface area contributed by atoms with Crippen molar-refractivity contribution in [2.75, 3.05) is 18.4 Å². The number of rotatable bonds is 6. The fourth-order valence-corrected chi connectivity index (χ4v) is 3.60. The van der Waals surface area contributed by atoms with Crippen molar-refractivity contribution in [1.82, 2.24) is 29.6 Å². The van der Waals surface area contributed by atoms with Crippen LogP contribution in [0.15, 0.2) is 42.7 Å². The van der Waals surface area contributed by atoms with Crippen molar-refractivity contribution in [3.63, 3.8) is 0 Å². The lowest BCUT2D eigenvalue weighted by atomic mass is 10.2. The summed E-state index contributed by atoms with van der Waals surface area (Å²) in [6, 6.07) is 10.3. The molecule has 0 amide bonds. The van der Waals surface area contributed by atoms with E-state index in [2.05, 4.69) is 37.0 Å². The largest absolute Gasteiger partial charge is 0.350 e. The SMILES string of the molecule is c1ccc(CNc2ncc(CN3CCc4nc(C5CC5)nn4CC3)cn2)cc1. The molecule has 2 aromatic heterocycles. The number of hydrogen-bond donors (Lipinski definition) is 1. The van der Waals surface area contributed by atoms with Crippen molar-refractivity contribution >= 4 is 5.95 Å². The Morgan fingerprint density at radius 1 is 0.964 bits per heavy atom. The van der Waals surface area contributed by atoms with E-state index >= 15 is 0 Å². The number of benzene rings is 1. The van der Waals surface area contributed by atoms with Gasteiger partial charge in [-0.3, -0.25) is 4.90 Å². The second-order valence-electron chi connectivity index (χ2n) is 7.66. The van der Waals surface area contributed by atoms with Gasteiger partial charge < -0.3 is 5.32 Å². The van der Waals surface area contributed by atoms with Crippen LogP contribution in [-0.2, 0) is 26.1 Å². The molecule has 0 atom stereocenters. The normalized spacial score (nSPS) is 17.1. The zero-order valence-corrected chi connectivity index (χ0v) is 16.0. The van der Waals surface area contributed by atoms with Crippen LogP contribution < -0.4 is 5.32 Å². The average Bonchev–Trinajstić information content (AvgIpc) is 3.53. The van der Waals surface area contributed by atoms with Gasteiger partial charge >= 0.3 is 0 Å². The molecule has 3 heterocycles. The molecular formula is C21H25N7. The van der Waals surface area contributed by atoms with Gasteiger partial charge in [0.25, 0.3) is 0 Å². The van der Waals surface area contributed by atoms with Crippen LogP contribution in [0, 0.1) is 0 Å². The van der Waals surface area contributed by atoms with Gasteiger partial charge in [0.15, 0.2) is 5.82 Å². The maximum atomic E-state index is 4.76. The van der Waals surface area contributed by atoms with Crippen molar-refractivity contribution in [2.24, 2.45) is 0 Å². The van der Waals surface area contributed by atoms with Crippen molar-refractivity contribution in [3.05, 3.63) is 65.5 Å². The van der Waals surface area contributed by atoms with Crippen LogP contribution in [0.1, 0.15) is 41.5 Å². The lowest BCUT2D eigenvalue weighted by molar-refractivity contribution is 0.268. The molecule has 1 saturated carbocycles. The van der Waals surface area contributed by atoms with Gasteiger partial charge in [-0.1, -0.05) is 30.3 Å². The number of aromatic nitrogens is 5. The molecule has 0 radical (unpaired) electrons. The third-order valence-corrected chi connectivity index (χ3v) is 5.39. The molecule has 2 aliphatic rings. The van der Waals surface area contributed by atoms with Crippen molar-refractivity contribution in [3.8, 4) is 0 Å². The minimum absolute atomic E-state index is 0.627. The Bertz CT molecular complexity index is 890. The summed E-state index contributed by atoms with van der Waals surface area (Å²) in [5.41, 5.74) is 2.35. The number of nitrogens with one attached hydrogen (secondary N) is 1. The van der Waals surface area contributed by atoms with Gasteiger partial charge in [0.05, 0.1) is 6.54 Å². The van der Waals surface area contributed by atoms with Crippen molar-refractivity contribution < 1.29 is 0 Å². The van der Waals surface area contributed by atoms with Crippen molar-refractivity contribution in [2.45, 2.75) is 44.8 Å². The summed E-state index contributed by atoms with van der Waals surface area (Å²) in [6.45, 7) is 4.48. The van der Waals surface area contributed by atoms with E-state index in [1.54, 1.807) is 0 Å². The molecule has 0 bridgehead atoms. The van der Waals surface area contributed by atoms with Crippen LogP contribution in [0.3, 0.4) is 0 Å². The lowest BCUT2D eigenvalue weighted by Crippen LogP contribution is -2.27. The summed E-state index contributed by atoms with van der Waals surface area (Å²) in [5.74, 6) is 3.50. The molecule has 1 fully saturated rings. The molecule has 3 aromatic rings. The van der Waals surface area contributed by atoms with Crippen LogP contribution in [0.5, 0.6) is 0 Å². The summed E-state index contributed by atoms with van der Waals surface area (Å²) in [7, 11) is 0. The van der Waals surface area contributed by atoms with Crippen LogP contribution in [0.2, 0.25) is 0 Å². The Balaban J connectivity index is 1.14. The smallest absolute Gasteiger partial charge is 0.222 e. The minimum Gasteiger partial charge on any atom is -0.350 e. The molecule has 0 spiro atoms. The number of hydrogen-bond acceptors (Lipinski definition) is 6. The Morgan fingerprint density at radius 3 is 2.57 bits per heavy atom. The molecule has 28 heavy (non-hydrogen) atoms. The maximum Gasteiger partial charge on any atom is 0.222 e. The van der Waals surface area contributed by atoms with E-state index in [1.165, 1.54) is 18.4 Å². The van der Waals surface area contributed by atoms with E-state index in [4.69, 9.17) is 10.1 Å². The molecule has 1 aliphatic carbocycles. The van der Waals surface area contributed by atoms with Gasteiger partial charge in [-0.05, 0) is 18.4 Å². The average molecular weight is 375 g/mol. The second kappa shape index (κ2) is 7.67. The zero-order chi connectivity index (χ0) is 18.8. The topological polar surface area (TPSA) is 71.8 Å². The highest BCUT2D eigenvalue weighted by Crippen LogP contribution is 2.38. The first kappa shape index (κ1) is 17.3. The van der Waals surface area contributed by atoms with Gasteiger partial charge in [-0.2, -0.15) is 5.10 Å². The van der Waals surface area contributed by atoms with Gasteiger partial charge in [-0.25, -0.2) is 19.6 Å². The number of fused-ring (bicyclic) bond motifs is 1. The summed E-state index contributed by atoms with van der Waals surface area (Å²) in [4.78, 5) is 16.1. The van der Waals surface area contributed by atoms with Crippen LogP contribution >= 0.6 is 0 Å². The predicted octanol–water partition coefficient (Wildman–Crippen LogP) is 2.62. The lowest BCUT2D eigenvalue weighted by Gasteiger charge is -2.19. The summed E-state index contributed by atoms with van der Waals surface area (Å²) in [5, 5.41) is 7.99. The van der Waals surface area contributed by atoms with E-state index < -0.39 is 0 Å². The molecule has 7 nitrogen and oxygen atoms in total. The predicted molar refractivity (Wildman–Crippen MR) is 107 cm³/mol. The third kappa shape index (κ3) is 4.04. The first-order chi connectivity index (χ1) is 13.8. The first-order valence-electron chi connectivity index (χ1n) is 10.1. The second-order valence-corrected chi connectivity index (χ2v) is 7.66. The van der Waals surface area contributed by atoms with Gasteiger partial charge in [0, 0.05) is 56.5 Å². The Hall–Kier alpha value is -2.80. The first-order valence-corrected chi connectivity index (χ1v) is 10.1. The standard InChI is InChI=1S/C21H25N7/c1-2-4-16(5-3-1)12-22-21-23-13-17(14-24-21)15-27-9-8-19-25-20(18-6-7-18)26-28(19)11-10-27/h1-5,13-14,18H,6-12,15H2,(H,22,23,24). The highest BCUT2D eigenvalue weighted by molar-refractivity contribution is 5.28. The van der Waals surface area contributed by atoms with Gasteiger partial charge in [0.2, 0.25) is 5.95 Å².